The second-order valence-corrected chi connectivity index (χ2v) is 6.45. The van der Waals surface area contributed by atoms with Crippen LogP contribution in [0.4, 0.5) is 0 Å². The first-order valence-electron chi connectivity index (χ1n) is 8.43. The summed E-state index contributed by atoms with van der Waals surface area (Å²) in [6.07, 6.45) is 4.76. The van der Waals surface area contributed by atoms with E-state index in [-0.39, 0.29) is 31.1 Å². The SMILES string of the molecule is CC1CCCC(C)N1C(=O)COC(=O)Cn1cnc2ccccc21. The van der Waals surface area contributed by atoms with Crippen molar-refractivity contribution in [2.24, 2.45) is 0 Å². The molecule has 2 aromatic rings. The Morgan fingerprint density at radius 3 is 2.67 bits per heavy atom. The molecule has 2 atom stereocenters. The van der Waals surface area contributed by atoms with E-state index in [0.29, 0.717) is 0 Å². The molecule has 1 fully saturated rings. The second-order valence-electron chi connectivity index (χ2n) is 6.45. The third-order valence-corrected chi connectivity index (χ3v) is 4.66. The fourth-order valence-corrected chi connectivity index (χ4v) is 3.45. The van der Waals surface area contributed by atoms with Gasteiger partial charge in [0, 0.05) is 12.1 Å². The summed E-state index contributed by atoms with van der Waals surface area (Å²) in [6, 6.07) is 8.00. The molecule has 128 valence electrons. The van der Waals surface area contributed by atoms with Crippen LogP contribution in [0.1, 0.15) is 33.1 Å². The van der Waals surface area contributed by atoms with Gasteiger partial charge in [-0.3, -0.25) is 9.59 Å². The van der Waals surface area contributed by atoms with Crippen LogP contribution in [0.15, 0.2) is 30.6 Å². The van der Waals surface area contributed by atoms with Crippen LogP contribution < -0.4 is 0 Å². The number of benzene rings is 1. The Kier molecular flexibility index (Phi) is 4.83. The number of piperidine rings is 1. The van der Waals surface area contributed by atoms with E-state index < -0.39 is 5.97 Å². The summed E-state index contributed by atoms with van der Waals surface area (Å²) >= 11 is 0. The van der Waals surface area contributed by atoms with Gasteiger partial charge in [-0.15, -0.1) is 0 Å². The maximum atomic E-state index is 12.4. The summed E-state index contributed by atoms with van der Waals surface area (Å²) in [7, 11) is 0. The molecule has 0 saturated carbocycles. The highest BCUT2D eigenvalue weighted by atomic mass is 16.5. The van der Waals surface area contributed by atoms with Crippen molar-refractivity contribution in [2.75, 3.05) is 6.61 Å². The van der Waals surface area contributed by atoms with Gasteiger partial charge in [0.15, 0.2) is 6.61 Å². The zero-order chi connectivity index (χ0) is 17.1. The molecular weight excluding hydrogens is 306 g/mol. The summed E-state index contributed by atoms with van der Waals surface area (Å²) in [5.41, 5.74) is 1.70. The van der Waals surface area contributed by atoms with E-state index in [2.05, 4.69) is 4.98 Å². The second kappa shape index (κ2) is 7.03. The molecule has 0 aliphatic carbocycles. The molecule has 2 unspecified atom stereocenters. The molecule has 2 heterocycles. The van der Waals surface area contributed by atoms with Crippen molar-refractivity contribution in [1.29, 1.82) is 0 Å². The molecular formula is C18H23N3O3. The molecule has 0 spiro atoms. The average Bonchev–Trinajstić information content (AvgIpc) is 2.96. The average molecular weight is 329 g/mol. The molecule has 3 rings (SSSR count). The molecule has 24 heavy (non-hydrogen) atoms. The van der Waals surface area contributed by atoms with Crippen LogP contribution in [0.3, 0.4) is 0 Å². The van der Waals surface area contributed by atoms with Crippen LogP contribution in [-0.4, -0.2) is 45.0 Å². The summed E-state index contributed by atoms with van der Waals surface area (Å²) in [5.74, 6) is -0.539. The zero-order valence-electron chi connectivity index (χ0n) is 14.1. The summed E-state index contributed by atoms with van der Waals surface area (Å²) in [5, 5.41) is 0. The smallest absolute Gasteiger partial charge is 0.326 e. The number of hydrogen-bond acceptors (Lipinski definition) is 4. The van der Waals surface area contributed by atoms with Gasteiger partial charge < -0.3 is 14.2 Å². The van der Waals surface area contributed by atoms with Gasteiger partial charge in [0.2, 0.25) is 0 Å². The van der Waals surface area contributed by atoms with Crippen molar-refractivity contribution >= 4 is 22.9 Å². The molecule has 6 heteroatoms. The minimum atomic E-state index is -0.427. The summed E-state index contributed by atoms with van der Waals surface area (Å²) < 4.78 is 6.93. The van der Waals surface area contributed by atoms with Crippen LogP contribution in [-0.2, 0) is 20.9 Å². The van der Waals surface area contributed by atoms with Gasteiger partial charge in [0.25, 0.3) is 5.91 Å². The quantitative estimate of drug-likeness (QED) is 0.808. The Hall–Kier alpha value is -2.37. The molecule has 1 aliphatic heterocycles. The van der Waals surface area contributed by atoms with Crippen LogP contribution in [0.2, 0.25) is 0 Å². The summed E-state index contributed by atoms with van der Waals surface area (Å²) in [6.45, 7) is 3.96. The topological polar surface area (TPSA) is 64.4 Å². The maximum Gasteiger partial charge on any atom is 0.326 e. The van der Waals surface area contributed by atoms with E-state index >= 15 is 0 Å². The highest BCUT2D eigenvalue weighted by molar-refractivity contribution is 5.82. The number of carbonyl (C=O) groups is 2. The molecule has 6 nitrogen and oxygen atoms in total. The number of rotatable bonds is 4. The van der Waals surface area contributed by atoms with Crippen LogP contribution in [0, 0.1) is 0 Å². The monoisotopic (exact) mass is 329 g/mol. The number of imidazole rings is 1. The lowest BCUT2D eigenvalue weighted by molar-refractivity contribution is -0.155. The van der Waals surface area contributed by atoms with Crippen LogP contribution in [0.25, 0.3) is 11.0 Å². The zero-order valence-corrected chi connectivity index (χ0v) is 14.1. The Labute approximate surface area is 141 Å². The highest BCUT2D eigenvalue weighted by Gasteiger charge is 2.29. The van der Waals surface area contributed by atoms with Crippen LogP contribution >= 0.6 is 0 Å². The summed E-state index contributed by atoms with van der Waals surface area (Å²) in [4.78, 5) is 30.5. The molecule has 1 amide bonds. The minimum Gasteiger partial charge on any atom is -0.454 e. The lowest BCUT2D eigenvalue weighted by Gasteiger charge is -2.38. The third-order valence-electron chi connectivity index (χ3n) is 4.66. The minimum absolute atomic E-state index is 0.0545. The van der Waals surface area contributed by atoms with E-state index in [1.165, 1.54) is 0 Å². The molecule has 1 saturated heterocycles. The number of nitrogens with zero attached hydrogens (tertiary/aromatic N) is 3. The van der Waals surface area contributed by atoms with E-state index in [1.54, 1.807) is 10.9 Å². The van der Waals surface area contributed by atoms with Crippen LogP contribution in [0.5, 0.6) is 0 Å². The van der Waals surface area contributed by atoms with Crippen molar-refractivity contribution in [3.05, 3.63) is 30.6 Å². The maximum absolute atomic E-state index is 12.4. The molecule has 1 aromatic carbocycles. The van der Waals surface area contributed by atoms with Gasteiger partial charge in [0.05, 0.1) is 17.4 Å². The predicted octanol–water partition coefficient (Wildman–Crippen LogP) is 2.37. The van der Waals surface area contributed by atoms with Crippen molar-refractivity contribution < 1.29 is 14.3 Å². The number of esters is 1. The normalized spacial score (nSPS) is 21.0. The fraction of sp³-hybridized carbons (Fsp3) is 0.500. The largest absolute Gasteiger partial charge is 0.454 e. The van der Waals surface area contributed by atoms with Gasteiger partial charge in [-0.1, -0.05) is 12.1 Å². The first-order chi connectivity index (χ1) is 11.6. The Balaban J connectivity index is 1.56. The van der Waals surface area contributed by atoms with Gasteiger partial charge in [-0.25, -0.2) is 4.98 Å². The van der Waals surface area contributed by atoms with Gasteiger partial charge in [-0.05, 0) is 45.2 Å². The first kappa shape index (κ1) is 16.5. The van der Waals surface area contributed by atoms with E-state index in [4.69, 9.17) is 4.74 Å². The van der Waals surface area contributed by atoms with Crippen molar-refractivity contribution in [2.45, 2.75) is 51.7 Å². The molecule has 1 aliphatic rings. The predicted molar refractivity (Wildman–Crippen MR) is 90.3 cm³/mol. The number of aromatic nitrogens is 2. The number of fused-ring (bicyclic) bond motifs is 1. The number of likely N-dealkylation sites (tertiary alicyclic amines) is 1. The lowest BCUT2D eigenvalue weighted by atomic mass is 9.97. The molecule has 0 radical (unpaired) electrons. The van der Waals surface area contributed by atoms with E-state index in [1.807, 2.05) is 43.0 Å². The van der Waals surface area contributed by atoms with Gasteiger partial charge >= 0.3 is 5.97 Å². The number of hydrogen-bond donors (Lipinski definition) is 0. The molecule has 0 N–H and O–H groups in total. The number of ether oxygens (including phenoxy) is 1. The first-order valence-corrected chi connectivity index (χ1v) is 8.43. The molecule has 0 bridgehead atoms. The molecule has 1 aromatic heterocycles. The Morgan fingerprint density at radius 1 is 1.21 bits per heavy atom. The van der Waals surface area contributed by atoms with Crippen molar-refractivity contribution in [1.82, 2.24) is 14.5 Å². The van der Waals surface area contributed by atoms with E-state index in [9.17, 15) is 9.59 Å². The van der Waals surface area contributed by atoms with Gasteiger partial charge in [0.1, 0.15) is 6.54 Å². The number of carbonyl (C=O) groups excluding carboxylic acids is 2. The van der Waals surface area contributed by atoms with Gasteiger partial charge in [-0.2, -0.15) is 0 Å². The Bertz CT molecular complexity index is 730. The highest BCUT2D eigenvalue weighted by Crippen LogP contribution is 2.22. The fourth-order valence-electron chi connectivity index (χ4n) is 3.45. The third kappa shape index (κ3) is 3.42. The Morgan fingerprint density at radius 2 is 1.92 bits per heavy atom. The standard InChI is InChI=1S/C18H23N3O3/c1-13-6-5-7-14(2)21(13)17(22)11-24-18(23)10-20-12-19-15-8-3-4-9-16(15)20/h3-4,8-9,12-14H,5-7,10-11H2,1-2H3. The number of para-hydroxylation sites is 2. The van der Waals surface area contributed by atoms with Crippen molar-refractivity contribution in [3.8, 4) is 0 Å². The van der Waals surface area contributed by atoms with Crippen molar-refractivity contribution in [3.63, 3.8) is 0 Å². The van der Waals surface area contributed by atoms with E-state index in [0.717, 1.165) is 30.3 Å². The lowest BCUT2D eigenvalue weighted by Crippen LogP contribution is -2.49. The number of amides is 1.